The van der Waals surface area contributed by atoms with Crippen molar-refractivity contribution in [3.63, 3.8) is 0 Å². The molecule has 0 spiro atoms. The number of aliphatic hydroxyl groups is 1. The highest BCUT2D eigenvalue weighted by molar-refractivity contribution is 7.19. The smallest absolute Gasteiger partial charge is 0.168 e. The number of rotatable bonds is 4. The van der Waals surface area contributed by atoms with Crippen LogP contribution in [0.2, 0.25) is 0 Å². The van der Waals surface area contributed by atoms with Gasteiger partial charge in [-0.2, -0.15) is 0 Å². The maximum absolute atomic E-state index is 14.1. The van der Waals surface area contributed by atoms with E-state index in [0.29, 0.717) is 5.56 Å². The third-order valence-electron chi connectivity index (χ3n) is 3.45. The standard InChI is InChI=1S/C17H15FO2S/c1-20-14-7-4-6-12(17(14)18)9-13(19)16-10-11-5-2-3-8-15(11)21-16/h2-8,10,13,19H,9H2,1H3. The normalized spacial score (nSPS) is 12.5. The van der Waals surface area contributed by atoms with Gasteiger partial charge >= 0.3 is 0 Å². The molecule has 1 atom stereocenters. The fourth-order valence-electron chi connectivity index (χ4n) is 2.35. The van der Waals surface area contributed by atoms with Crippen LogP contribution in [-0.2, 0) is 6.42 Å². The number of benzene rings is 2. The number of fused-ring (bicyclic) bond motifs is 1. The quantitative estimate of drug-likeness (QED) is 0.777. The molecule has 1 aromatic heterocycles. The van der Waals surface area contributed by atoms with E-state index in [4.69, 9.17) is 4.74 Å². The topological polar surface area (TPSA) is 29.5 Å². The van der Waals surface area contributed by atoms with Crippen LogP contribution in [0.5, 0.6) is 5.75 Å². The van der Waals surface area contributed by atoms with Crippen LogP contribution < -0.4 is 4.74 Å². The molecule has 2 nitrogen and oxygen atoms in total. The maximum Gasteiger partial charge on any atom is 0.168 e. The lowest BCUT2D eigenvalue weighted by atomic mass is 10.1. The molecule has 0 saturated heterocycles. The van der Waals surface area contributed by atoms with Crippen LogP contribution in [0.15, 0.2) is 48.5 Å². The van der Waals surface area contributed by atoms with Crippen LogP contribution in [0.25, 0.3) is 10.1 Å². The molecule has 0 fully saturated rings. The minimum Gasteiger partial charge on any atom is -0.494 e. The Morgan fingerprint density at radius 1 is 1.19 bits per heavy atom. The molecule has 0 aliphatic carbocycles. The lowest BCUT2D eigenvalue weighted by Gasteiger charge is -2.11. The lowest BCUT2D eigenvalue weighted by Crippen LogP contribution is -2.03. The Labute approximate surface area is 126 Å². The number of aliphatic hydroxyl groups excluding tert-OH is 1. The Kier molecular flexibility index (Phi) is 3.90. The van der Waals surface area contributed by atoms with Crippen molar-refractivity contribution in [1.29, 1.82) is 0 Å². The van der Waals surface area contributed by atoms with Crippen molar-refractivity contribution in [2.75, 3.05) is 7.11 Å². The SMILES string of the molecule is COc1cccc(CC(O)c2cc3ccccc3s2)c1F. The highest BCUT2D eigenvalue weighted by Gasteiger charge is 2.16. The fourth-order valence-corrected chi connectivity index (χ4v) is 3.40. The third-order valence-corrected chi connectivity index (χ3v) is 4.67. The Hall–Kier alpha value is -1.91. The number of ether oxygens (including phenoxy) is 1. The average Bonchev–Trinajstić information content (AvgIpc) is 2.93. The van der Waals surface area contributed by atoms with Gasteiger partial charge in [-0.05, 0) is 29.1 Å². The molecule has 1 N–H and O–H groups in total. The van der Waals surface area contributed by atoms with Crippen LogP contribution in [0.3, 0.4) is 0 Å². The fraction of sp³-hybridized carbons (Fsp3) is 0.176. The third kappa shape index (κ3) is 2.77. The molecule has 0 aliphatic heterocycles. The predicted octanol–water partition coefficient (Wildman–Crippen LogP) is 4.33. The first kappa shape index (κ1) is 14.0. The van der Waals surface area contributed by atoms with E-state index >= 15 is 0 Å². The Bertz CT molecular complexity index is 733. The van der Waals surface area contributed by atoms with E-state index in [-0.39, 0.29) is 12.2 Å². The summed E-state index contributed by atoms with van der Waals surface area (Å²) in [4.78, 5) is 0.846. The molecule has 0 saturated carbocycles. The first-order valence-electron chi connectivity index (χ1n) is 6.67. The summed E-state index contributed by atoms with van der Waals surface area (Å²) >= 11 is 1.54. The van der Waals surface area contributed by atoms with Gasteiger partial charge < -0.3 is 9.84 Å². The summed E-state index contributed by atoms with van der Waals surface area (Å²) in [5, 5.41) is 11.5. The molecule has 1 unspecified atom stereocenters. The first-order chi connectivity index (χ1) is 10.2. The van der Waals surface area contributed by atoms with Gasteiger partial charge in [0.05, 0.1) is 13.2 Å². The zero-order chi connectivity index (χ0) is 14.8. The average molecular weight is 302 g/mol. The summed E-state index contributed by atoms with van der Waals surface area (Å²) in [7, 11) is 1.44. The summed E-state index contributed by atoms with van der Waals surface area (Å²) in [6, 6.07) is 14.9. The van der Waals surface area contributed by atoms with Crippen molar-refractivity contribution >= 4 is 21.4 Å². The van der Waals surface area contributed by atoms with E-state index in [0.717, 1.165) is 15.0 Å². The van der Waals surface area contributed by atoms with Gasteiger partial charge in [0.25, 0.3) is 0 Å². The molecular formula is C17H15FO2S. The number of methoxy groups -OCH3 is 1. The van der Waals surface area contributed by atoms with Gasteiger partial charge in [-0.15, -0.1) is 11.3 Å². The van der Waals surface area contributed by atoms with E-state index in [1.54, 1.807) is 18.2 Å². The van der Waals surface area contributed by atoms with E-state index in [1.165, 1.54) is 18.4 Å². The van der Waals surface area contributed by atoms with Gasteiger partial charge in [0.1, 0.15) is 0 Å². The second kappa shape index (κ2) is 5.84. The first-order valence-corrected chi connectivity index (χ1v) is 7.48. The zero-order valence-corrected chi connectivity index (χ0v) is 12.4. The Morgan fingerprint density at radius 3 is 2.76 bits per heavy atom. The Balaban J connectivity index is 1.87. The van der Waals surface area contributed by atoms with E-state index in [1.807, 2.05) is 30.3 Å². The molecule has 3 aromatic rings. The van der Waals surface area contributed by atoms with Crippen molar-refractivity contribution < 1.29 is 14.2 Å². The van der Waals surface area contributed by atoms with Gasteiger partial charge in [0.15, 0.2) is 11.6 Å². The maximum atomic E-state index is 14.1. The van der Waals surface area contributed by atoms with Crippen molar-refractivity contribution in [2.45, 2.75) is 12.5 Å². The molecule has 108 valence electrons. The number of halogens is 1. The monoisotopic (exact) mass is 302 g/mol. The number of hydrogen-bond donors (Lipinski definition) is 1. The van der Waals surface area contributed by atoms with Crippen LogP contribution in [-0.4, -0.2) is 12.2 Å². The van der Waals surface area contributed by atoms with Gasteiger partial charge in [-0.1, -0.05) is 30.3 Å². The minimum absolute atomic E-state index is 0.205. The largest absolute Gasteiger partial charge is 0.494 e. The van der Waals surface area contributed by atoms with Crippen LogP contribution in [0.4, 0.5) is 4.39 Å². The molecule has 21 heavy (non-hydrogen) atoms. The highest BCUT2D eigenvalue weighted by Crippen LogP contribution is 2.32. The van der Waals surface area contributed by atoms with Gasteiger partial charge in [-0.25, -0.2) is 4.39 Å². The van der Waals surface area contributed by atoms with Crippen LogP contribution >= 0.6 is 11.3 Å². The summed E-state index contributed by atoms with van der Waals surface area (Å²) in [6.45, 7) is 0. The van der Waals surface area contributed by atoms with Crippen molar-refractivity contribution in [1.82, 2.24) is 0 Å². The minimum atomic E-state index is -0.719. The van der Waals surface area contributed by atoms with E-state index in [9.17, 15) is 9.50 Å². The van der Waals surface area contributed by atoms with Gasteiger partial charge in [0.2, 0.25) is 0 Å². The van der Waals surface area contributed by atoms with E-state index in [2.05, 4.69) is 0 Å². The molecule has 0 radical (unpaired) electrons. The van der Waals surface area contributed by atoms with Crippen molar-refractivity contribution in [3.8, 4) is 5.75 Å². The molecule has 2 aromatic carbocycles. The predicted molar refractivity (Wildman–Crippen MR) is 83.4 cm³/mol. The molecule has 4 heteroatoms. The summed E-state index contributed by atoms with van der Waals surface area (Å²) < 4.78 is 20.2. The Morgan fingerprint density at radius 2 is 2.00 bits per heavy atom. The molecule has 0 bridgehead atoms. The number of thiophene rings is 1. The summed E-state index contributed by atoms with van der Waals surface area (Å²) in [5.74, 6) is -0.198. The van der Waals surface area contributed by atoms with Gasteiger partial charge in [-0.3, -0.25) is 0 Å². The van der Waals surface area contributed by atoms with Crippen molar-refractivity contribution in [3.05, 3.63) is 64.8 Å². The molecule has 3 rings (SSSR count). The van der Waals surface area contributed by atoms with Crippen molar-refractivity contribution in [2.24, 2.45) is 0 Å². The molecule has 0 amide bonds. The second-order valence-corrected chi connectivity index (χ2v) is 5.96. The van der Waals surface area contributed by atoms with Gasteiger partial charge in [0, 0.05) is 16.0 Å². The van der Waals surface area contributed by atoms with Crippen LogP contribution in [0, 0.1) is 5.82 Å². The zero-order valence-electron chi connectivity index (χ0n) is 11.5. The summed E-state index contributed by atoms with van der Waals surface area (Å²) in [5.41, 5.74) is 0.458. The molecule has 0 aliphatic rings. The second-order valence-electron chi connectivity index (χ2n) is 4.84. The molecular weight excluding hydrogens is 287 g/mol. The lowest BCUT2D eigenvalue weighted by molar-refractivity contribution is 0.180. The van der Waals surface area contributed by atoms with E-state index < -0.39 is 11.9 Å². The highest BCUT2D eigenvalue weighted by atomic mass is 32.1. The summed E-state index contributed by atoms with van der Waals surface area (Å²) in [6.07, 6.45) is -0.487. The number of hydrogen-bond acceptors (Lipinski definition) is 3. The molecule has 1 heterocycles. The van der Waals surface area contributed by atoms with Crippen LogP contribution in [0.1, 0.15) is 16.5 Å².